The molecule has 0 radical (unpaired) electrons. The van der Waals surface area contributed by atoms with E-state index in [0.717, 1.165) is 12.8 Å². The Labute approximate surface area is 101 Å². The lowest BCUT2D eigenvalue weighted by Crippen LogP contribution is -2.36. The number of pyridine rings is 1. The molecule has 2 rings (SSSR count). The highest BCUT2D eigenvalue weighted by Gasteiger charge is 2.33. The Bertz CT molecular complexity index is 404. The molecule has 0 atom stereocenters. The summed E-state index contributed by atoms with van der Waals surface area (Å²) in [6, 6.07) is 3.75. The second-order valence-electron chi connectivity index (χ2n) is 4.16. The predicted molar refractivity (Wildman–Crippen MR) is 64.6 cm³/mol. The van der Waals surface area contributed by atoms with E-state index in [-0.39, 0.29) is 5.91 Å². The van der Waals surface area contributed by atoms with E-state index in [4.69, 9.17) is 10.5 Å². The summed E-state index contributed by atoms with van der Waals surface area (Å²) >= 11 is 0. The maximum absolute atomic E-state index is 12.3. The molecule has 1 fully saturated rings. The lowest BCUT2D eigenvalue weighted by Gasteiger charge is -2.22. The van der Waals surface area contributed by atoms with Crippen molar-refractivity contribution in [1.82, 2.24) is 9.88 Å². The molecule has 1 aromatic rings. The van der Waals surface area contributed by atoms with Crippen molar-refractivity contribution in [3.8, 4) is 0 Å². The van der Waals surface area contributed by atoms with Crippen LogP contribution >= 0.6 is 0 Å². The Morgan fingerprint density at radius 2 is 2.41 bits per heavy atom. The van der Waals surface area contributed by atoms with Gasteiger partial charge in [0, 0.05) is 25.9 Å². The molecule has 1 saturated carbocycles. The molecule has 1 amide bonds. The minimum Gasteiger partial charge on any atom is -0.397 e. The zero-order valence-corrected chi connectivity index (χ0v) is 9.93. The van der Waals surface area contributed by atoms with Gasteiger partial charge in [0.1, 0.15) is 0 Å². The molecule has 17 heavy (non-hydrogen) atoms. The number of carbonyl (C=O) groups excluding carboxylic acids is 1. The topological polar surface area (TPSA) is 68.5 Å². The maximum Gasteiger partial charge on any atom is 0.274 e. The van der Waals surface area contributed by atoms with Crippen molar-refractivity contribution >= 4 is 11.6 Å². The van der Waals surface area contributed by atoms with Crippen LogP contribution in [0.2, 0.25) is 0 Å². The third kappa shape index (κ3) is 2.74. The Balaban J connectivity index is 2.13. The zero-order valence-electron chi connectivity index (χ0n) is 9.93. The number of aromatic nitrogens is 1. The van der Waals surface area contributed by atoms with Crippen molar-refractivity contribution in [2.45, 2.75) is 18.9 Å². The van der Waals surface area contributed by atoms with Crippen LogP contribution in [0.1, 0.15) is 23.3 Å². The summed E-state index contributed by atoms with van der Waals surface area (Å²) < 4.78 is 5.02. The number of nitrogen functional groups attached to an aromatic ring is 1. The molecule has 1 aromatic heterocycles. The molecule has 1 aliphatic rings. The number of anilines is 1. The predicted octanol–water partition coefficient (Wildman–Crippen LogP) is 0.915. The van der Waals surface area contributed by atoms with E-state index in [1.807, 2.05) is 4.90 Å². The van der Waals surface area contributed by atoms with Gasteiger partial charge in [-0.25, -0.2) is 4.98 Å². The fourth-order valence-corrected chi connectivity index (χ4v) is 1.76. The summed E-state index contributed by atoms with van der Waals surface area (Å²) in [5.41, 5.74) is 6.54. The summed E-state index contributed by atoms with van der Waals surface area (Å²) in [4.78, 5) is 18.1. The molecule has 5 nitrogen and oxygen atoms in total. The number of amides is 1. The van der Waals surface area contributed by atoms with Gasteiger partial charge in [0.2, 0.25) is 0 Å². The molecule has 5 heteroatoms. The van der Waals surface area contributed by atoms with E-state index < -0.39 is 0 Å². The maximum atomic E-state index is 12.3. The first-order valence-corrected chi connectivity index (χ1v) is 5.74. The number of methoxy groups -OCH3 is 1. The van der Waals surface area contributed by atoms with Crippen LogP contribution in [0.4, 0.5) is 5.69 Å². The fraction of sp³-hybridized carbons (Fsp3) is 0.500. The van der Waals surface area contributed by atoms with Gasteiger partial charge in [-0.2, -0.15) is 0 Å². The van der Waals surface area contributed by atoms with E-state index in [0.29, 0.717) is 30.6 Å². The number of hydrogen-bond donors (Lipinski definition) is 1. The van der Waals surface area contributed by atoms with Crippen LogP contribution in [-0.2, 0) is 4.74 Å². The first-order chi connectivity index (χ1) is 8.24. The third-order valence-electron chi connectivity index (χ3n) is 2.83. The molecule has 2 N–H and O–H groups in total. The minimum atomic E-state index is -0.0948. The molecule has 0 saturated heterocycles. The highest BCUT2D eigenvalue weighted by atomic mass is 16.5. The largest absolute Gasteiger partial charge is 0.397 e. The molecule has 92 valence electrons. The van der Waals surface area contributed by atoms with Crippen LogP contribution in [0, 0.1) is 0 Å². The number of rotatable bonds is 5. The van der Waals surface area contributed by atoms with Crippen LogP contribution in [0.5, 0.6) is 0 Å². The van der Waals surface area contributed by atoms with Gasteiger partial charge < -0.3 is 15.4 Å². The van der Waals surface area contributed by atoms with Crippen LogP contribution in [0.15, 0.2) is 18.3 Å². The zero-order chi connectivity index (χ0) is 12.3. The lowest BCUT2D eigenvalue weighted by atomic mass is 10.2. The fourth-order valence-electron chi connectivity index (χ4n) is 1.76. The summed E-state index contributed by atoms with van der Waals surface area (Å²) in [6.45, 7) is 1.13. The minimum absolute atomic E-state index is 0.0948. The lowest BCUT2D eigenvalue weighted by molar-refractivity contribution is 0.0675. The molecule has 0 unspecified atom stereocenters. The Morgan fingerprint density at radius 3 is 3.00 bits per heavy atom. The Hall–Kier alpha value is -1.62. The first-order valence-electron chi connectivity index (χ1n) is 5.74. The molecule has 0 aromatic carbocycles. The molecule has 1 heterocycles. The highest BCUT2D eigenvalue weighted by molar-refractivity contribution is 5.97. The van der Waals surface area contributed by atoms with Gasteiger partial charge >= 0.3 is 0 Å². The number of nitrogens with zero attached hydrogens (tertiary/aromatic N) is 2. The molecular weight excluding hydrogens is 218 g/mol. The first kappa shape index (κ1) is 11.9. The standard InChI is InChI=1S/C12H17N3O2/c1-17-8-7-15(9-4-5-9)12(16)11-10(13)3-2-6-14-11/h2-3,6,9H,4-5,7-8,13H2,1H3. The van der Waals surface area contributed by atoms with E-state index in [2.05, 4.69) is 4.98 Å². The van der Waals surface area contributed by atoms with E-state index in [1.165, 1.54) is 0 Å². The number of carbonyl (C=O) groups is 1. The average molecular weight is 235 g/mol. The Morgan fingerprint density at radius 1 is 1.65 bits per heavy atom. The second-order valence-corrected chi connectivity index (χ2v) is 4.16. The molecule has 0 aliphatic heterocycles. The normalized spacial score (nSPS) is 14.6. The third-order valence-corrected chi connectivity index (χ3v) is 2.83. The van der Waals surface area contributed by atoms with Crippen LogP contribution in [-0.4, -0.2) is 42.1 Å². The molecule has 0 spiro atoms. The quantitative estimate of drug-likeness (QED) is 0.823. The van der Waals surface area contributed by atoms with Crippen LogP contribution < -0.4 is 5.73 Å². The van der Waals surface area contributed by atoms with Gasteiger partial charge in [0.15, 0.2) is 5.69 Å². The van der Waals surface area contributed by atoms with Gasteiger partial charge in [-0.15, -0.1) is 0 Å². The van der Waals surface area contributed by atoms with Gasteiger partial charge in [0.25, 0.3) is 5.91 Å². The number of hydrogen-bond acceptors (Lipinski definition) is 4. The SMILES string of the molecule is COCCN(C(=O)c1ncccc1N)C1CC1. The van der Waals surface area contributed by atoms with Crippen molar-refractivity contribution in [1.29, 1.82) is 0 Å². The monoisotopic (exact) mass is 235 g/mol. The number of ether oxygens (including phenoxy) is 1. The van der Waals surface area contributed by atoms with Crippen molar-refractivity contribution in [2.24, 2.45) is 0 Å². The molecular formula is C12H17N3O2. The van der Waals surface area contributed by atoms with Crippen molar-refractivity contribution in [3.63, 3.8) is 0 Å². The van der Waals surface area contributed by atoms with Crippen molar-refractivity contribution in [3.05, 3.63) is 24.0 Å². The average Bonchev–Trinajstić information content (AvgIpc) is 3.14. The van der Waals surface area contributed by atoms with E-state index in [9.17, 15) is 4.79 Å². The van der Waals surface area contributed by atoms with E-state index >= 15 is 0 Å². The van der Waals surface area contributed by atoms with Gasteiger partial charge in [-0.1, -0.05) is 0 Å². The van der Waals surface area contributed by atoms with E-state index in [1.54, 1.807) is 25.4 Å². The van der Waals surface area contributed by atoms with Gasteiger partial charge in [-0.3, -0.25) is 4.79 Å². The highest BCUT2D eigenvalue weighted by Crippen LogP contribution is 2.28. The van der Waals surface area contributed by atoms with Gasteiger partial charge in [-0.05, 0) is 25.0 Å². The summed E-state index contributed by atoms with van der Waals surface area (Å²) in [5, 5.41) is 0. The summed E-state index contributed by atoms with van der Waals surface area (Å²) in [7, 11) is 1.63. The second kappa shape index (κ2) is 5.14. The molecule has 0 bridgehead atoms. The van der Waals surface area contributed by atoms with Gasteiger partial charge in [0.05, 0.1) is 12.3 Å². The Kier molecular flexibility index (Phi) is 3.58. The number of nitrogens with two attached hydrogens (primary N) is 1. The summed E-state index contributed by atoms with van der Waals surface area (Å²) in [5.74, 6) is -0.0948. The van der Waals surface area contributed by atoms with Crippen LogP contribution in [0.3, 0.4) is 0 Å². The molecule has 1 aliphatic carbocycles. The smallest absolute Gasteiger partial charge is 0.274 e. The van der Waals surface area contributed by atoms with Crippen molar-refractivity contribution in [2.75, 3.05) is 26.0 Å². The van der Waals surface area contributed by atoms with Crippen molar-refractivity contribution < 1.29 is 9.53 Å². The van der Waals surface area contributed by atoms with Crippen LogP contribution in [0.25, 0.3) is 0 Å². The summed E-state index contributed by atoms with van der Waals surface area (Å²) in [6.07, 6.45) is 3.70.